The van der Waals surface area contributed by atoms with Gasteiger partial charge in [-0.15, -0.1) is 0 Å². The molecule has 0 atom stereocenters. The fourth-order valence-electron chi connectivity index (χ4n) is 2.90. The van der Waals surface area contributed by atoms with Crippen molar-refractivity contribution in [3.05, 3.63) is 47.5 Å². The molecule has 0 fully saturated rings. The summed E-state index contributed by atoms with van der Waals surface area (Å²) in [7, 11) is 0. The van der Waals surface area contributed by atoms with Crippen LogP contribution in [0.1, 0.15) is 31.0 Å². The van der Waals surface area contributed by atoms with Gasteiger partial charge in [0.1, 0.15) is 0 Å². The molecule has 0 saturated carbocycles. The monoisotopic (exact) mass is 237 g/mol. The second-order valence-electron chi connectivity index (χ2n) is 5.38. The van der Waals surface area contributed by atoms with Crippen molar-refractivity contribution in [1.82, 2.24) is 4.57 Å². The molecule has 0 spiro atoms. The highest BCUT2D eigenvalue weighted by molar-refractivity contribution is 6.09. The lowest BCUT2D eigenvalue weighted by Gasteiger charge is -2.14. The van der Waals surface area contributed by atoms with Crippen LogP contribution >= 0.6 is 0 Å². The van der Waals surface area contributed by atoms with Crippen LogP contribution in [0, 0.1) is 13.8 Å². The minimum Gasteiger partial charge on any atom is -0.338 e. The second-order valence-corrected chi connectivity index (χ2v) is 5.38. The Hall–Kier alpha value is -1.76. The summed E-state index contributed by atoms with van der Waals surface area (Å²) in [5, 5.41) is 2.74. The summed E-state index contributed by atoms with van der Waals surface area (Å²) in [5.41, 5.74) is 5.51. The van der Waals surface area contributed by atoms with Gasteiger partial charge >= 0.3 is 0 Å². The van der Waals surface area contributed by atoms with Crippen LogP contribution in [0.25, 0.3) is 21.8 Å². The molecule has 2 aromatic carbocycles. The summed E-state index contributed by atoms with van der Waals surface area (Å²) in [5.74, 6) is 0. The van der Waals surface area contributed by atoms with Crippen LogP contribution in [0.4, 0.5) is 0 Å². The molecule has 18 heavy (non-hydrogen) atoms. The van der Waals surface area contributed by atoms with Crippen LogP contribution in [-0.2, 0) is 0 Å². The van der Waals surface area contributed by atoms with E-state index in [2.05, 4.69) is 68.7 Å². The van der Waals surface area contributed by atoms with Crippen LogP contribution in [0.2, 0.25) is 0 Å². The van der Waals surface area contributed by atoms with E-state index in [1.807, 2.05) is 0 Å². The van der Waals surface area contributed by atoms with E-state index >= 15 is 0 Å². The molecule has 1 heteroatoms. The molecule has 92 valence electrons. The maximum atomic E-state index is 2.47. The molecule has 0 aliphatic heterocycles. The van der Waals surface area contributed by atoms with Crippen LogP contribution < -0.4 is 0 Å². The summed E-state index contributed by atoms with van der Waals surface area (Å²) in [6.07, 6.45) is 0. The lowest BCUT2D eigenvalue weighted by molar-refractivity contribution is 0.641. The summed E-state index contributed by atoms with van der Waals surface area (Å²) in [4.78, 5) is 0. The third-order valence-electron chi connectivity index (χ3n) is 3.91. The topological polar surface area (TPSA) is 4.93 Å². The maximum absolute atomic E-state index is 2.47. The first kappa shape index (κ1) is 11.3. The molecule has 0 amide bonds. The summed E-state index contributed by atoms with van der Waals surface area (Å²) in [6.45, 7) is 8.94. The lowest BCUT2D eigenvalue weighted by Crippen LogP contribution is -2.01. The Kier molecular flexibility index (Phi) is 2.44. The van der Waals surface area contributed by atoms with E-state index in [-0.39, 0.29) is 0 Å². The van der Waals surface area contributed by atoms with Crippen molar-refractivity contribution in [2.75, 3.05) is 0 Å². The predicted octanol–water partition coefficient (Wildman–Crippen LogP) is 4.99. The summed E-state index contributed by atoms with van der Waals surface area (Å²) in [6, 6.07) is 13.7. The highest BCUT2D eigenvalue weighted by Crippen LogP contribution is 2.34. The van der Waals surface area contributed by atoms with Gasteiger partial charge in [-0.1, -0.05) is 30.3 Å². The van der Waals surface area contributed by atoms with Gasteiger partial charge in [0, 0.05) is 22.3 Å². The van der Waals surface area contributed by atoms with Gasteiger partial charge in [0.05, 0.1) is 5.52 Å². The molecule has 3 rings (SSSR count). The van der Waals surface area contributed by atoms with Gasteiger partial charge in [0.2, 0.25) is 0 Å². The molecule has 0 aliphatic rings. The average molecular weight is 237 g/mol. The van der Waals surface area contributed by atoms with Gasteiger partial charge < -0.3 is 4.57 Å². The van der Waals surface area contributed by atoms with Crippen molar-refractivity contribution < 1.29 is 0 Å². The molecule has 0 N–H and O–H groups in total. The van der Waals surface area contributed by atoms with Gasteiger partial charge in [0.15, 0.2) is 0 Å². The Bertz CT molecular complexity index is 732. The third-order valence-corrected chi connectivity index (χ3v) is 3.91. The van der Waals surface area contributed by atoms with Crippen molar-refractivity contribution in [2.45, 2.75) is 33.7 Å². The maximum Gasteiger partial charge on any atom is 0.0526 e. The van der Waals surface area contributed by atoms with Crippen LogP contribution in [0.15, 0.2) is 36.4 Å². The molecular formula is C17H19N. The van der Waals surface area contributed by atoms with Crippen LogP contribution in [0.5, 0.6) is 0 Å². The highest BCUT2D eigenvalue weighted by atomic mass is 15.0. The van der Waals surface area contributed by atoms with Crippen LogP contribution in [0.3, 0.4) is 0 Å². The number of nitrogens with zero attached hydrogens (tertiary/aromatic N) is 1. The van der Waals surface area contributed by atoms with Gasteiger partial charge in [-0.3, -0.25) is 0 Å². The van der Waals surface area contributed by atoms with Crippen molar-refractivity contribution in [3.8, 4) is 0 Å². The normalized spacial score (nSPS) is 11.8. The molecule has 0 aliphatic carbocycles. The molecular weight excluding hydrogens is 218 g/mol. The van der Waals surface area contributed by atoms with Crippen molar-refractivity contribution >= 4 is 21.8 Å². The summed E-state index contributed by atoms with van der Waals surface area (Å²) >= 11 is 0. The van der Waals surface area contributed by atoms with Crippen molar-refractivity contribution in [2.24, 2.45) is 0 Å². The lowest BCUT2D eigenvalue weighted by atomic mass is 10.1. The van der Waals surface area contributed by atoms with Crippen molar-refractivity contribution in [3.63, 3.8) is 0 Å². The van der Waals surface area contributed by atoms with E-state index in [0.29, 0.717) is 6.04 Å². The molecule has 1 nitrogen and oxygen atoms in total. The quantitative estimate of drug-likeness (QED) is 0.561. The number of fused-ring (bicyclic) bond motifs is 3. The number of rotatable bonds is 1. The Morgan fingerprint density at radius 3 is 2.33 bits per heavy atom. The zero-order chi connectivity index (χ0) is 12.9. The first-order valence-electron chi connectivity index (χ1n) is 6.60. The van der Waals surface area contributed by atoms with E-state index in [1.54, 1.807) is 0 Å². The minimum atomic E-state index is 0.480. The van der Waals surface area contributed by atoms with E-state index in [0.717, 1.165) is 0 Å². The minimum absolute atomic E-state index is 0.480. The highest BCUT2D eigenvalue weighted by Gasteiger charge is 2.14. The largest absolute Gasteiger partial charge is 0.338 e. The molecule has 0 unspecified atom stereocenters. The molecule has 3 aromatic rings. The van der Waals surface area contributed by atoms with E-state index < -0.39 is 0 Å². The number of hydrogen-bond donors (Lipinski definition) is 0. The predicted molar refractivity (Wildman–Crippen MR) is 79.3 cm³/mol. The van der Waals surface area contributed by atoms with E-state index in [4.69, 9.17) is 0 Å². The zero-order valence-electron chi connectivity index (χ0n) is 11.5. The molecule has 0 radical (unpaired) electrons. The Morgan fingerprint density at radius 1 is 0.889 bits per heavy atom. The van der Waals surface area contributed by atoms with Gasteiger partial charge in [-0.05, 0) is 44.9 Å². The van der Waals surface area contributed by atoms with Crippen LogP contribution in [-0.4, -0.2) is 4.57 Å². The number of hydrogen-bond acceptors (Lipinski definition) is 0. The first-order valence-corrected chi connectivity index (χ1v) is 6.60. The zero-order valence-corrected chi connectivity index (χ0v) is 11.5. The Balaban J connectivity index is 2.63. The average Bonchev–Trinajstić information content (AvgIpc) is 2.69. The fraction of sp³-hybridized carbons (Fsp3) is 0.294. The molecule has 0 bridgehead atoms. The van der Waals surface area contributed by atoms with Gasteiger partial charge in [-0.2, -0.15) is 0 Å². The van der Waals surface area contributed by atoms with E-state index in [9.17, 15) is 0 Å². The van der Waals surface area contributed by atoms with Gasteiger partial charge in [-0.25, -0.2) is 0 Å². The number of aromatic nitrogens is 1. The van der Waals surface area contributed by atoms with E-state index in [1.165, 1.54) is 32.9 Å². The Morgan fingerprint density at radius 2 is 1.61 bits per heavy atom. The second kappa shape index (κ2) is 3.88. The SMILES string of the molecule is Cc1ccc2c3ccccc3n(C(C)C)c2c1C. The summed E-state index contributed by atoms with van der Waals surface area (Å²) < 4.78 is 2.47. The first-order chi connectivity index (χ1) is 8.61. The number of benzene rings is 2. The third kappa shape index (κ3) is 1.40. The molecule has 1 aromatic heterocycles. The number of aryl methyl sites for hydroxylation is 2. The molecule has 0 saturated heterocycles. The van der Waals surface area contributed by atoms with Gasteiger partial charge in [0.25, 0.3) is 0 Å². The number of para-hydroxylation sites is 1. The smallest absolute Gasteiger partial charge is 0.0526 e. The Labute approximate surface area is 108 Å². The van der Waals surface area contributed by atoms with Crippen molar-refractivity contribution in [1.29, 1.82) is 0 Å². The fourth-order valence-corrected chi connectivity index (χ4v) is 2.90. The standard InChI is InChI=1S/C17H19N/c1-11(2)18-16-8-6-5-7-14(16)15-10-9-12(3)13(4)17(15)18/h5-11H,1-4H3. The molecule has 1 heterocycles.